The van der Waals surface area contributed by atoms with Gasteiger partial charge in [0.05, 0.1) is 19.6 Å². The molecule has 0 aliphatic rings. The molecule has 2 rings (SSSR count). The monoisotopic (exact) mass is 291 g/mol. The highest BCUT2D eigenvalue weighted by Gasteiger charge is 2.16. The molecule has 1 amide bonds. The fourth-order valence-corrected chi connectivity index (χ4v) is 2.68. The fraction of sp³-hybridized carbons (Fsp3) is 0.267. The van der Waals surface area contributed by atoms with Crippen LogP contribution in [-0.4, -0.2) is 18.1 Å². The number of carbonyl (C=O) groups is 1. The normalized spacial score (nSPS) is 11.9. The van der Waals surface area contributed by atoms with E-state index in [9.17, 15) is 9.90 Å². The number of amides is 1. The predicted octanol–water partition coefficient (Wildman–Crippen LogP) is 2.99. The zero-order valence-corrected chi connectivity index (χ0v) is 12.2. The van der Waals surface area contributed by atoms with Crippen molar-refractivity contribution in [2.45, 2.75) is 19.4 Å². The second-order valence-electron chi connectivity index (χ2n) is 4.41. The number of nitrogens with one attached hydrogen (secondary N) is 1. The first-order valence-electron chi connectivity index (χ1n) is 6.27. The summed E-state index contributed by atoms with van der Waals surface area (Å²) in [6.07, 6.45) is 0. The summed E-state index contributed by atoms with van der Waals surface area (Å²) in [7, 11) is 1.55. The van der Waals surface area contributed by atoms with Gasteiger partial charge in [-0.1, -0.05) is 6.07 Å². The summed E-state index contributed by atoms with van der Waals surface area (Å²) < 4.78 is 5.13. The van der Waals surface area contributed by atoms with E-state index in [4.69, 9.17) is 4.74 Å². The van der Waals surface area contributed by atoms with Gasteiger partial charge in [0.1, 0.15) is 5.75 Å². The molecule has 1 aromatic carbocycles. The van der Waals surface area contributed by atoms with Crippen LogP contribution in [0.1, 0.15) is 23.3 Å². The quantitative estimate of drug-likeness (QED) is 0.890. The molecule has 1 heterocycles. The third-order valence-corrected chi connectivity index (χ3v) is 4.14. The van der Waals surface area contributed by atoms with E-state index in [-0.39, 0.29) is 18.4 Å². The summed E-state index contributed by atoms with van der Waals surface area (Å²) in [6.45, 7) is 1.74. The van der Waals surface area contributed by atoms with Gasteiger partial charge in [0, 0.05) is 16.1 Å². The van der Waals surface area contributed by atoms with Gasteiger partial charge >= 0.3 is 0 Å². The Kier molecular flexibility index (Phi) is 4.76. The molecular formula is C15H17NO3S. The molecule has 2 aromatic rings. The topological polar surface area (TPSA) is 58.6 Å². The van der Waals surface area contributed by atoms with Crippen LogP contribution < -0.4 is 10.1 Å². The third-order valence-electron chi connectivity index (χ3n) is 3.08. The average Bonchev–Trinajstić information content (AvgIpc) is 3.00. The second-order valence-corrected chi connectivity index (χ2v) is 5.39. The van der Waals surface area contributed by atoms with E-state index >= 15 is 0 Å². The maximum atomic E-state index is 12.2. The van der Waals surface area contributed by atoms with Crippen molar-refractivity contribution in [2.75, 3.05) is 12.4 Å². The molecule has 0 saturated heterocycles. The lowest BCUT2D eigenvalue weighted by Gasteiger charge is -2.13. The minimum Gasteiger partial charge on any atom is -0.496 e. The highest BCUT2D eigenvalue weighted by Crippen LogP contribution is 2.25. The Bertz CT molecular complexity index is 581. The highest BCUT2D eigenvalue weighted by atomic mass is 32.1. The molecule has 0 aliphatic heterocycles. The number of methoxy groups -OCH3 is 1. The van der Waals surface area contributed by atoms with Gasteiger partial charge in [-0.25, -0.2) is 0 Å². The summed E-state index contributed by atoms with van der Waals surface area (Å²) >= 11 is 1.56. The van der Waals surface area contributed by atoms with Crippen molar-refractivity contribution >= 4 is 22.9 Å². The molecule has 1 atom stereocenters. The van der Waals surface area contributed by atoms with Gasteiger partial charge < -0.3 is 15.2 Å². The van der Waals surface area contributed by atoms with Crippen LogP contribution in [0, 0.1) is 0 Å². The standard InChI is InChI=1S/C15H17NO3S/c1-10(14-4-3-7-20-14)15(18)16-12-5-6-13(19-2)11(8-12)9-17/h3-8,10,17H,9H2,1-2H3,(H,16,18). The van der Waals surface area contributed by atoms with E-state index in [1.807, 2.05) is 24.4 Å². The van der Waals surface area contributed by atoms with Crippen molar-refractivity contribution in [3.63, 3.8) is 0 Å². The molecule has 0 aliphatic carbocycles. The van der Waals surface area contributed by atoms with Crippen LogP contribution in [0.25, 0.3) is 0 Å². The Labute approximate surface area is 122 Å². The Balaban J connectivity index is 2.11. The van der Waals surface area contributed by atoms with E-state index in [0.717, 1.165) is 4.88 Å². The number of ether oxygens (including phenoxy) is 1. The Hall–Kier alpha value is -1.85. The van der Waals surface area contributed by atoms with Crippen molar-refractivity contribution in [2.24, 2.45) is 0 Å². The fourth-order valence-electron chi connectivity index (χ4n) is 1.90. The Morgan fingerprint density at radius 2 is 2.25 bits per heavy atom. The van der Waals surface area contributed by atoms with E-state index < -0.39 is 0 Å². The molecule has 0 bridgehead atoms. The van der Waals surface area contributed by atoms with Crippen LogP contribution in [0.4, 0.5) is 5.69 Å². The molecule has 0 fully saturated rings. The lowest BCUT2D eigenvalue weighted by molar-refractivity contribution is -0.117. The van der Waals surface area contributed by atoms with Gasteiger partial charge in [-0.3, -0.25) is 4.79 Å². The van der Waals surface area contributed by atoms with Crippen LogP contribution in [0.2, 0.25) is 0 Å². The maximum Gasteiger partial charge on any atom is 0.232 e. The first-order valence-corrected chi connectivity index (χ1v) is 7.15. The lowest BCUT2D eigenvalue weighted by atomic mass is 10.1. The maximum absolute atomic E-state index is 12.2. The second kappa shape index (κ2) is 6.54. The number of thiophene rings is 1. The van der Waals surface area contributed by atoms with Gasteiger partial charge in [-0.15, -0.1) is 11.3 Å². The van der Waals surface area contributed by atoms with Crippen molar-refractivity contribution in [3.8, 4) is 5.75 Å². The Morgan fingerprint density at radius 3 is 2.85 bits per heavy atom. The Morgan fingerprint density at radius 1 is 1.45 bits per heavy atom. The van der Waals surface area contributed by atoms with Gasteiger partial charge in [-0.2, -0.15) is 0 Å². The first kappa shape index (κ1) is 14.6. The molecule has 1 aromatic heterocycles. The van der Waals surface area contributed by atoms with Crippen LogP contribution in [0.3, 0.4) is 0 Å². The molecule has 1 unspecified atom stereocenters. The van der Waals surface area contributed by atoms with Crippen molar-refractivity contribution in [3.05, 3.63) is 46.2 Å². The number of rotatable bonds is 5. The summed E-state index contributed by atoms with van der Waals surface area (Å²) in [6, 6.07) is 9.09. The number of benzene rings is 1. The molecular weight excluding hydrogens is 274 g/mol. The van der Waals surface area contributed by atoms with Crippen molar-refractivity contribution in [1.82, 2.24) is 0 Å². The van der Waals surface area contributed by atoms with Crippen molar-refractivity contribution in [1.29, 1.82) is 0 Å². The van der Waals surface area contributed by atoms with Gasteiger partial charge in [0.15, 0.2) is 0 Å². The molecule has 4 nitrogen and oxygen atoms in total. The summed E-state index contributed by atoms with van der Waals surface area (Å²) in [4.78, 5) is 13.2. The van der Waals surface area contributed by atoms with E-state index in [2.05, 4.69) is 5.32 Å². The molecule has 5 heteroatoms. The minimum absolute atomic E-state index is 0.0680. The average molecular weight is 291 g/mol. The number of aliphatic hydroxyl groups excluding tert-OH is 1. The minimum atomic E-state index is -0.199. The molecule has 0 saturated carbocycles. The molecule has 0 spiro atoms. The lowest BCUT2D eigenvalue weighted by Crippen LogP contribution is -2.18. The smallest absolute Gasteiger partial charge is 0.232 e. The zero-order valence-electron chi connectivity index (χ0n) is 11.4. The first-order chi connectivity index (χ1) is 9.65. The van der Waals surface area contributed by atoms with Crippen LogP contribution in [-0.2, 0) is 11.4 Å². The summed E-state index contributed by atoms with van der Waals surface area (Å²) in [5, 5.41) is 14.1. The molecule has 2 N–H and O–H groups in total. The van der Waals surface area contributed by atoms with Crippen LogP contribution >= 0.6 is 11.3 Å². The number of aliphatic hydroxyl groups is 1. The predicted molar refractivity (Wildman–Crippen MR) is 80.3 cm³/mol. The SMILES string of the molecule is COc1ccc(NC(=O)C(C)c2cccs2)cc1CO. The third kappa shape index (κ3) is 3.18. The van der Waals surface area contributed by atoms with E-state index in [0.29, 0.717) is 17.0 Å². The van der Waals surface area contributed by atoms with Gasteiger partial charge in [0.25, 0.3) is 0 Å². The number of anilines is 1. The number of hydrogen-bond donors (Lipinski definition) is 2. The van der Waals surface area contributed by atoms with E-state index in [1.54, 1.807) is 36.6 Å². The zero-order chi connectivity index (χ0) is 14.5. The summed E-state index contributed by atoms with van der Waals surface area (Å²) in [5.74, 6) is 0.341. The van der Waals surface area contributed by atoms with E-state index in [1.165, 1.54) is 0 Å². The highest BCUT2D eigenvalue weighted by molar-refractivity contribution is 7.10. The van der Waals surface area contributed by atoms with Crippen molar-refractivity contribution < 1.29 is 14.6 Å². The van der Waals surface area contributed by atoms with Crippen LogP contribution in [0.15, 0.2) is 35.7 Å². The summed E-state index contributed by atoms with van der Waals surface area (Å²) in [5.41, 5.74) is 1.30. The largest absolute Gasteiger partial charge is 0.496 e. The van der Waals surface area contributed by atoms with Crippen LogP contribution in [0.5, 0.6) is 5.75 Å². The molecule has 20 heavy (non-hydrogen) atoms. The van der Waals surface area contributed by atoms with Gasteiger partial charge in [-0.05, 0) is 36.6 Å². The number of carbonyl (C=O) groups excluding carboxylic acids is 1. The molecule has 0 radical (unpaired) electrons. The molecule has 106 valence electrons. The van der Waals surface area contributed by atoms with Gasteiger partial charge in [0.2, 0.25) is 5.91 Å². The number of hydrogen-bond acceptors (Lipinski definition) is 4.